The number of esters is 7. The van der Waals surface area contributed by atoms with Crippen LogP contribution in [0.25, 0.3) is 0 Å². The second kappa shape index (κ2) is 35.6. The van der Waals surface area contributed by atoms with Gasteiger partial charge in [0, 0.05) is 45.1 Å². The van der Waals surface area contributed by atoms with Crippen LogP contribution in [0.2, 0.25) is 0 Å². The van der Waals surface area contributed by atoms with E-state index in [1.54, 1.807) is 27.7 Å². The van der Waals surface area contributed by atoms with Crippen molar-refractivity contribution in [3.63, 3.8) is 0 Å². The first-order valence-electron chi connectivity index (χ1n) is 34.0. The van der Waals surface area contributed by atoms with Gasteiger partial charge >= 0.3 is 41.8 Å². The molecule has 2 saturated heterocycles. The van der Waals surface area contributed by atoms with E-state index in [1.165, 1.54) is 19.3 Å². The van der Waals surface area contributed by atoms with Gasteiger partial charge in [-0.2, -0.15) is 0 Å². The van der Waals surface area contributed by atoms with Crippen LogP contribution in [0.15, 0.2) is 0 Å². The van der Waals surface area contributed by atoms with Gasteiger partial charge in [-0.1, -0.05) is 94.0 Å². The Labute approximate surface area is 585 Å². The molecule has 2 heterocycles. The molecule has 0 amide bonds. The minimum absolute atomic E-state index is 0. The molecule has 13 aliphatic rings. The lowest BCUT2D eigenvalue weighted by Crippen LogP contribution is -2.67. The molecule has 2 N–H and O–H groups in total. The van der Waals surface area contributed by atoms with Gasteiger partial charge in [0.2, 0.25) is 0 Å². The Morgan fingerprint density at radius 2 is 0.948 bits per heavy atom. The van der Waals surface area contributed by atoms with Gasteiger partial charge in [-0.15, -0.1) is 0 Å². The largest absolute Gasteiger partial charge is 0.462 e. The van der Waals surface area contributed by atoms with Crippen LogP contribution in [-0.2, 0) is 76.2 Å². The van der Waals surface area contributed by atoms with Crippen LogP contribution < -0.4 is 0 Å². The molecule has 13 fully saturated rings. The molecule has 2 aliphatic heterocycles. The molecule has 0 aromatic rings. The predicted octanol–water partition coefficient (Wildman–Crippen LogP) is 17.7. The fourth-order valence-electron chi connectivity index (χ4n) is 16.9. The zero-order chi connectivity index (χ0) is 65.3. The molecule has 13 rings (SSSR count). The number of hydrogen-bond acceptors (Lipinski definition) is 18. The molecule has 0 radical (unpaired) electrons. The van der Waals surface area contributed by atoms with Gasteiger partial charge in [-0.25, -0.2) is 9.59 Å². The third-order valence-corrected chi connectivity index (χ3v) is 22.5. The van der Waals surface area contributed by atoms with Crippen molar-refractivity contribution >= 4 is 41.8 Å². The molecule has 11 saturated carbocycles. The van der Waals surface area contributed by atoms with Gasteiger partial charge in [-0.05, 0) is 228 Å². The second-order valence-corrected chi connectivity index (χ2v) is 32.0. The summed E-state index contributed by atoms with van der Waals surface area (Å²) in [5.74, 6) is -0.395. The van der Waals surface area contributed by atoms with E-state index in [9.17, 15) is 43.8 Å². The standard InChI is InChI=1S/C23H38O6.C18H26O6.C16H26O4.C13H24O2.8CH4/c1-7-21(5,6)20(25)29-23-12-17-9-18(13-23)11-22(10-17,14-23)28-15(3)19(24)27-16(4)26-8-2;1-4-17(2,3)16(21)22-10-14(19)24-18-7-11-5-12(8-18)15(20)23-13(6-11)9-18;1-4-13(2,3)12(17)20-16-7-11-5-14(18,9-16)8-15(19,6-11)10-16;1-5-12(3,4)11(14)15-13(6-2)9-7-8-10-13;;;;;;;;/h15-18H,7-14H2,1-6H3;11-13H,4-10H2,1-3H3;11,18-19H,4-10H2,1-3H3;5-10H2,1-4H3;8*1H4. The number of carbonyl (C=O) groups excluding carboxylic acids is 7. The lowest BCUT2D eigenvalue weighted by molar-refractivity contribution is -0.264. The van der Waals surface area contributed by atoms with Crippen LogP contribution >= 0.6 is 0 Å². The Morgan fingerprint density at radius 1 is 0.500 bits per heavy atom. The van der Waals surface area contributed by atoms with Gasteiger partial charge in [0.05, 0.1) is 44.4 Å². The zero-order valence-corrected chi connectivity index (χ0v) is 56.8. The van der Waals surface area contributed by atoms with Crippen LogP contribution in [-0.4, -0.2) is 123 Å². The molecule has 566 valence electrons. The normalized spacial score (nSPS) is 32.1. The van der Waals surface area contributed by atoms with Crippen molar-refractivity contribution in [2.75, 3.05) is 13.2 Å². The van der Waals surface area contributed by atoms with Crippen LogP contribution in [0.5, 0.6) is 0 Å². The monoisotopic (exact) mass is 1370 g/mol. The van der Waals surface area contributed by atoms with Crippen molar-refractivity contribution in [2.45, 2.75) is 395 Å². The maximum Gasteiger partial charge on any atom is 0.344 e. The fraction of sp³-hybridized carbons (Fsp3) is 0.910. The summed E-state index contributed by atoms with van der Waals surface area (Å²) in [7, 11) is 0. The van der Waals surface area contributed by atoms with Gasteiger partial charge in [0.15, 0.2) is 19.0 Å². The molecule has 96 heavy (non-hydrogen) atoms. The van der Waals surface area contributed by atoms with Crippen LogP contribution in [0.4, 0.5) is 0 Å². The highest BCUT2D eigenvalue weighted by molar-refractivity contribution is 5.80. The molecule has 12 bridgehead atoms. The molecule has 0 aromatic heterocycles. The van der Waals surface area contributed by atoms with E-state index in [0.29, 0.717) is 69.3 Å². The first-order chi connectivity index (χ1) is 40.8. The lowest BCUT2D eigenvalue weighted by Gasteiger charge is -2.62. The van der Waals surface area contributed by atoms with E-state index in [2.05, 4.69) is 6.92 Å². The minimum atomic E-state index is -0.842. The topological polar surface area (TPSA) is 243 Å². The van der Waals surface area contributed by atoms with Crippen molar-refractivity contribution in [1.29, 1.82) is 0 Å². The average molecular weight is 1370 g/mol. The number of hydrogen-bond donors (Lipinski definition) is 2. The van der Waals surface area contributed by atoms with Crippen molar-refractivity contribution in [3.05, 3.63) is 0 Å². The van der Waals surface area contributed by atoms with Crippen molar-refractivity contribution in [1.82, 2.24) is 0 Å². The number of fused-ring (bicyclic) bond motifs is 1. The summed E-state index contributed by atoms with van der Waals surface area (Å²) in [6, 6.07) is 0. The summed E-state index contributed by atoms with van der Waals surface area (Å²) in [4.78, 5) is 85.9. The van der Waals surface area contributed by atoms with E-state index in [-0.39, 0.29) is 119 Å². The fourth-order valence-corrected chi connectivity index (χ4v) is 16.9. The average Bonchev–Trinajstić information content (AvgIpc) is 0.777. The summed E-state index contributed by atoms with van der Waals surface area (Å²) in [6.07, 6.45) is 19.8. The van der Waals surface area contributed by atoms with Crippen molar-refractivity contribution in [2.24, 2.45) is 51.2 Å². The highest BCUT2D eigenvalue weighted by Crippen LogP contribution is 2.62. The lowest BCUT2D eigenvalue weighted by atomic mass is 9.50. The number of rotatable bonds is 21. The molecule has 18 heteroatoms. The Morgan fingerprint density at radius 3 is 1.42 bits per heavy atom. The molecular weight excluding hydrogens is 1220 g/mol. The van der Waals surface area contributed by atoms with E-state index < -0.39 is 80.2 Å². The molecule has 10 atom stereocenters. The molecule has 10 unspecified atom stereocenters. The first-order valence-corrected chi connectivity index (χ1v) is 34.0. The SMILES string of the molecule is C.C.C.C.C.C.C.C.CCC(C)(C)C(=O)OC12CC3CC(O)(CC(O)(C3)C1)C2.CCC(C)(C)C(=O)OCC(=O)OC12CC3CC(C1)OC(=O)C(C3)C2.CCC1(OC(=O)C(C)(C)CC)CCCC1.CCOC(C)OC(=O)C(C)OC12CC3CC(CC(OC(=O)C(C)(C)CC)(C3)C1)C2. The third-order valence-electron chi connectivity index (χ3n) is 22.5. The summed E-state index contributed by atoms with van der Waals surface area (Å²) in [5, 5.41) is 21.3. The van der Waals surface area contributed by atoms with Gasteiger partial charge < -0.3 is 52.8 Å². The quantitative estimate of drug-likeness (QED) is 0.0616. The highest BCUT2D eigenvalue weighted by Gasteiger charge is 2.66. The van der Waals surface area contributed by atoms with E-state index in [4.69, 9.17) is 42.6 Å². The van der Waals surface area contributed by atoms with Crippen LogP contribution in [0, 0.1) is 51.2 Å². The second-order valence-electron chi connectivity index (χ2n) is 32.0. The molecule has 0 aromatic carbocycles. The third kappa shape index (κ3) is 22.3. The Hall–Kier alpha value is -3.87. The summed E-state index contributed by atoms with van der Waals surface area (Å²) >= 11 is 0. The van der Waals surface area contributed by atoms with Gasteiger partial charge in [-0.3, -0.25) is 24.0 Å². The molecular formula is C78H146O18. The summed E-state index contributed by atoms with van der Waals surface area (Å²) < 4.78 is 51.2. The highest BCUT2D eigenvalue weighted by atomic mass is 16.7. The van der Waals surface area contributed by atoms with Gasteiger partial charge in [0.1, 0.15) is 28.5 Å². The van der Waals surface area contributed by atoms with Crippen LogP contribution in [0.3, 0.4) is 0 Å². The van der Waals surface area contributed by atoms with Crippen LogP contribution in [0.1, 0.15) is 337 Å². The Bertz CT molecular complexity index is 2480. The van der Waals surface area contributed by atoms with E-state index in [0.717, 1.165) is 103 Å². The molecule has 11 aliphatic carbocycles. The first kappa shape index (κ1) is 94.2. The Balaban J connectivity index is 0. The molecule has 0 spiro atoms. The number of aliphatic hydroxyl groups is 2. The maximum atomic E-state index is 12.8. The van der Waals surface area contributed by atoms with Crippen molar-refractivity contribution in [3.8, 4) is 0 Å². The minimum Gasteiger partial charge on any atom is -0.462 e. The maximum absolute atomic E-state index is 12.8. The Kier molecular flexibility index (Phi) is 35.0. The smallest absolute Gasteiger partial charge is 0.344 e. The summed E-state index contributed by atoms with van der Waals surface area (Å²) in [5.41, 5.74) is -5.89. The molecule has 18 nitrogen and oxygen atoms in total. The van der Waals surface area contributed by atoms with E-state index >= 15 is 0 Å². The van der Waals surface area contributed by atoms with E-state index in [1.807, 2.05) is 76.2 Å². The number of carbonyl (C=O) groups is 7. The predicted molar refractivity (Wildman–Crippen MR) is 381 cm³/mol. The van der Waals surface area contributed by atoms with Crippen molar-refractivity contribution < 1.29 is 86.4 Å². The zero-order valence-electron chi connectivity index (χ0n) is 56.8. The van der Waals surface area contributed by atoms with Gasteiger partial charge in [0.25, 0.3) is 0 Å². The summed E-state index contributed by atoms with van der Waals surface area (Å²) in [6.45, 7) is 30.6. The number of ether oxygens (including phenoxy) is 9.